The molecule has 1 aliphatic carbocycles. The van der Waals surface area contributed by atoms with Crippen molar-refractivity contribution in [3.8, 4) is 0 Å². The molecule has 0 aliphatic heterocycles. The molecule has 0 bridgehead atoms. The summed E-state index contributed by atoms with van der Waals surface area (Å²) in [5, 5.41) is 4.52. The van der Waals surface area contributed by atoms with Gasteiger partial charge in [-0.05, 0) is 39.3 Å². The van der Waals surface area contributed by atoms with E-state index in [1.165, 1.54) is 37.2 Å². The topological polar surface area (TPSA) is 41.1 Å². The predicted molar refractivity (Wildman–Crippen MR) is 86.4 cm³/mol. The smallest absolute Gasteiger partial charge is 0.202 e. The lowest BCUT2D eigenvalue weighted by Gasteiger charge is -2.45. The standard InChI is InChI=1S/C15H28N4S/c1-5-7-13-17-14(20-18-13)16-11-15(19(3)4)9-6-8-12(2)10-15/h12H,5-11H2,1-4H3,(H,16,17,18). The summed E-state index contributed by atoms with van der Waals surface area (Å²) in [6, 6.07) is 0. The Hall–Kier alpha value is -0.680. The molecule has 4 nitrogen and oxygen atoms in total. The third-order valence-corrected chi connectivity index (χ3v) is 5.24. The van der Waals surface area contributed by atoms with E-state index in [2.05, 4.69) is 47.5 Å². The highest BCUT2D eigenvalue weighted by atomic mass is 32.1. The van der Waals surface area contributed by atoms with Crippen molar-refractivity contribution >= 4 is 16.7 Å². The van der Waals surface area contributed by atoms with Gasteiger partial charge in [-0.1, -0.05) is 26.7 Å². The van der Waals surface area contributed by atoms with Gasteiger partial charge in [-0.2, -0.15) is 4.37 Å². The molecule has 1 saturated carbocycles. The highest BCUT2D eigenvalue weighted by Gasteiger charge is 2.36. The highest BCUT2D eigenvalue weighted by molar-refractivity contribution is 7.09. The molecule has 114 valence electrons. The fraction of sp³-hybridized carbons (Fsp3) is 0.867. The fourth-order valence-electron chi connectivity index (χ4n) is 3.25. The number of aromatic nitrogens is 2. The maximum atomic E-state index is 4.57. The van der Waals surface area contributed by atoms with Crippen molar-refractivity contribution in [1.82, 2.24) is 14.3 Å². The maximum absolute atomic E-state index is 4.57. The molecule has 2 unspecified atom stereocenters. The van der Waals surface area contributed by atoms with E-state index < -0.39 is 0 Å². The molecule has 0 spiro atoms. The zero-order chi connectivity index (χ0) is 14.6. The highest BCUT2D eigenvalue weighted by Crippen LogP contribution is 2.35. The lowest BCUT2D eigenvalue weighted by Crippen LogP contribution is -2.52. The number of hydrogen-bond acceptors (Lipinski definition) is 5. The van der Waals surface area contributed by atoms with Crippen LogP contribution in [0.4, 0.5) is 5.13 Å². The SMILES string of the molecule is CCCc1nsc(NCC2(N(C)C)CCCC(C)C2)n1. The number of aryl methyl sites for hydroxylation is 1. The summed E-state index contributed by atoms with van der Waals surface area (Å²) in [6.07, 6.45) is 7.34. The van der Waals surface area contributed by atoms with Crippen molar-refractivity contribution in [2.24, 2.45) is 5.92 Å². The average molecular weight is 296 g/mol. The first-order valence-electron chi connectivity index (χ1n) is 7.79. The molecule has 1 aliphatic rings. The maximum Gasteiger partial charge on any atom is 0.202 e. The molecule has 1 aromatic heterocycles. The largest absolute Gasteiger partial charge is 0.358 e. The van der Waals surface area contributed by atoms with Crippen LogP contribution >= 0.6 is 11.5 Å². The molecule has 1 heterocycles. The molecule has 1 fully saturated rings. The van der Waals surface area contributed by atoms with Gasteiger partial charge in [0.1, 0.15) is 5.82 Å². The third kappa shape index (κ3) is 3.70. The summed E-state index contributed by atoms with van der Waals surface area (Å²) < 4.78 is 4.41. The second kappa shape index (κ2) is 6.85. The van der Waals surface area contributed by atoms with Crippen LogP contribution in [0.5, 0.6) is 0 Å². The first-order chi connectivity index (χ1) is 9.55. The lowest BCUT2D eigenvalue weighted by molar-refractivity contribution is 0.0882. The molecule has 0 aromatic carbocycles. The van der Waals surface area contributed by atoms with Gasteiger partial charge in [-0.3, -0.25) is 0 Å². The van der Waals surface area contributed by atoms with Gasteiger partial charge in [0.25, 0.3) is 0 Å². The van der Waals surface area contributed by atoms with Gasteiger partial charge in [-0.15, -0.1) is 0 Å². The van der Waals surface area contributed by atoms with Gasteiger partial charge in [0.05, 0.1) is 0 Å². The Kier molecular flexibility index (Phi) is 5.38. The molecule has 2 rings (SSSR count). The minimum atomic E-state index is 0.272. The van der Waals surface area contributed by atoms with Crippen LogP contribution in [-0.2, 0) is 6.42 Å². The molecule has 1 N–H and O–H groups in total. The van der Waals surface area contributed by atoms with Gasteiger partial charge < -0.3 is 10.2 Å². The van der Waals surface area contributed by atoms with Crippen LogP contribution in [0.1, 0.15) is 51.8 Å². The van der Waals surface area contributed by atoms with Crippen LogP contribution in [0.25, 0.3) is 0 Å². The molecule has 0 saturated heterocycles. The van der Waals surface area contributed by atoms with E-state index in [9.17, 15) is 0 Å². The quantitative estimate of drug-likeness (QED) is 0.873. The van der Waals surface area contributed by atoms with Gasteiger partial charge in [0, 0.05) is 30.0 Å². The molecule has 5 heteroatoms. The van der Waals surface area contributed by atoms with Crippen LogP contribution in [0.2, 0.25) is 0 Å². The van der Waals surface area contributed by atoms with E-state index in [-0.39, 0.29) is 5.54 Å². The van der Waals surface area contributed by atoms with Crippen LogP contribution in [0.15, 0.2) is 0 Å². The Morgan fingerprint density at radius 1 is 1.45 bits per heavy atom. The zero-order valence-corrected chi connectivity index (χ0v) is 14.1. The van der Waals surface area contributed by atoms with E-state index in [0.717, 1.165) is 36.3 Å². The number of likely N-dealkylation sites (N-methyl/N-ethyl adjacent to an activating group) is 1. The Balaban J connectivity index is 1.97. The Bertz CT molecular complexity index is 418. The third-order valence-electron chi connectivity index (χ3n) is 4.53. The molecular formula is C15H28N4S. The summed E-state index contributed by atoms with van der Waals surface area (Å²) >= 11 is 1.50. The number of hydrogen-bond donors (Lipinski definition) is 1. The predicted octanol–water partition coefficient (Wildman–Crippen LogP) is 3.41. The van der Waals surface area contributed by atoms with E-state index in [1.807, 2.05) is 0 Å². The lowest BCUT2D eigenvalue weighted by atomic mass is 9.75. The van der Waals surface area contributed by atoms with Gasteiger partial charge in [0.2, 0.25) is 5.13 Å². The Morgan fingerprint density at radius 2 is 2.25 bits per heavy atom. The second-order valence-electron chi connectivity index (χ2n) is 6.44. The monoisotopic (exact) mass is 296 g/mol. The van der Waals surface area contributed by atoms with Gasteiger partial charge in [-0.25, -0.2) is 4.98 Å². The molecule has 20 heavy (non-hydrogen) atoms. The van der Waals surface area contributed by atoms with Crippen molar-refractivity contribution in [3.05, 3.63) is 5.82 Å². The van der Waals surface area contributed by atoms with Crippen molar-refractivity contribution in [2.75, 3.05) is 26.0 Å². The molecule has 0 radical (unpaired) electrons. The molecule has 2 atom stereocenters. The van der Waals surface area contributed by atoms with Crippen molar-refractivity contribution in [1.29, 1.82) is 0 Å². The van der Waals surface area contributed by atoms with Crippen molar-refractivity contribution in [3.63, 3.8) is 0 Å². The van der Waals surface area contributed by atoms with Gasteiger partial charge in [0.15, 0.2) is 0 Å². The summed E-state index contributed by atoms with van der Waals surface area (Å²) in [7, 11) is 4.42. The second-order valence-corrected chi connectivity index (χ2v) is 7.19. The minimum absolute atomic E-state index is 0.272. The number of nitrogens with one attached hydrogen (secondary N) is 1. The fourth-order valence-corrected chi connectivity index (χ4v) is 3.86. The normalized spacial score (nSPS) is 26.9. The van der Waals surface area contributed by atoms with E-state index in [4.69, 9.17) is 0 Å². The van der Waals surface area contributed by atoms with E-state index >= 15 is 0 Å². The van der Waals surface area contributed by atoms with Crippen LogP contribution in [0.3, 0.4) is 0 Å². The number of anilines is 1. The van der Waals surface area contributed by atoms with Crippen LogP contribution in [0, 0.1) is 5.92 Å². The Morgan fingerprint density at radius 3 is 2.90 bits per heavy atom. The first-order valence-corrected chi connectivity index (χ1v) is 8.57. The summed E-state index contributed by atoms with van der Waals surface area (Å²) in [6.45, 7) is 5.52. The van der Waals surface area contributed by atoms with Crippen LogP contribution < -0.4 is 5.32 Å². The molecule has 1 aromatic rings. The number of rotatable bonds is 6. The Labute approximate surface area is 127 Å². The van der Waals surface area contributed by atoms with Gasteiger partial charge >= 0.3 is 0 Å². The summed E-state index contributed by atoms with van der Waals surface area (Å²) in [5.74, 6) is 1.80. The average Bonchev–Trinajstić information content (AvgIpc) is 2.84. The van der Waals surface area contributed by atoms with Crippen molar-refractivity contribution in [2.45, 2.75) is 57.9 Å². The first kappa shape index (κ1) is 15.7. The summed E-state index contributed by atoms with van der Waals surface area (Å²) in [4.78, 5) is 6.98. The minimum Gasteiger partial charge on any atom is -0.358 e. The van der Waals surface area contributed by atoms with E-state index in [0.29, 0.717) is 0 Å². The number of nitrogens with zero attached hydrogens (tertiary/aromatic N) is 3. The van der Waals surface area contributed by atoms with Crippen molar-refractivity contribution < 1.29 is 0 Å². The molecule has 0 amide bonds. The molecular weight excluding hydrogens is 268 g/mol. The van der Waals surface area contributed by atoms with E-state index in [1.54, 1.807) is 0 Å². The van der Waals surface area contributed by atoms with Crippen LogP contribution in [-0.4, -0.2) is 40.4 Å². The summed E-state index contributed by atoms with van der Waals surface area (Å²) in [5.41, 5.74) is 0.272. The zero-order valence-electron chi connectivity index (χ0n) is 13.3.